The second kappa shape index (κ2) is 5.85. The van der Waals surface area contributed by atoms with Crippen LogP contribution in [0.15, 0.2) is 16.4 Å². The van der Waals surface area contributed by atoms with Crippen LogP contribution in [-0.2, 0) is 4.79 Å². The van der Waals surface area contributed by atoms with Gasteiger partial charge in [0.25, 0.3) is 0 Å². The van der Waals surface area contributed by atoms with Crippen LogP contribution in [0, 0.1) is 10.1 Å². The zero-order valence-electron chi connectivity index (χ0n) is 8.06. The average Bonchev–Trinajstić information content (AvgIpc) is 2.18. The van der Waals surface area contributed by atoms with E-state index in [0.29, 0.717) is 18.4 Å². The number of rotatable bonds is 5. The van der Waals surface area contributed by atoms with E-state index in [4.69, 9.17) is 5.21 Å². The number of nitrogens with zero attached hydrogens (tertiary/aromatic N) is 2. The van der Waals surface area contributed by atoms with Crippen LogP contribution >= 0.6 is 0 Å². The Labute approximate surface area is 81.1 Å². The first-order chi connectivity index (χ1) is 6.62. The van der Waals surface area contributed by atoms with E-state index in [9.17, 15) is 14.9 Å². The molecule has 0 amide bonds. The molecule has 0 rings (SSSR count). The van der Waals surface area contributed by atoms with E-state index in [1.807, 2.05) is 0 Å². The Kier molecular flexibility index (Phi) is 5.13. The molecule has 0 aromatic rings. The molecule has 0 heterocycles. The lowest BCUT2D eigenvalue weighted by Gasteiger charge is -2.01. The Morgan fingerprint density at radius 3 is 2.21 bits per heavy atom. The normalized spacial score (nSPS) is 10.9. The summed E-state index contributed by atoms with van der Waals surface area (Å²) in [7, 11) is 0. The van der Waals surface area contributed by atoms with Crippen molar-refractivity contribution in [3.05, 3.63) is 21.4 Å². The summed E-state index contributed by atoms with van der Waals surface area (Å²) in [5.74, 6) is 0. The molecular formula is C8H12N2O4. The summed E-state index contributed by atoms with van der Waals surface area (Å²) in [5, 5.41) is 21.6. The summed E-state index contributed by atoms with van der Waals surface area (Å²) in [4.78, 5) is 20.3. The second-order valence-electron chi connectivity index (χ2n) is 2.52. The molecule has 0 radical (unpaired) electrons. The quantitative estimate of drug-likeness (QED) is 0.238. The Balaban J connectivity index is 5.43. The zero-order valence-corrected chi connectivity index (χ0v) is 8.06. The van der Waals surface area contributed by atoms with Crippen molar-refractivity contribution in [1.29, 1.82) is 0 Å². The molecule has 0 aromatic carbocycles. The average molecular weight is 200 g/mol. The van der Waals surface area contributed by atoms with Crippen LogP contribution in [0.1, 0.15) is 26.7 Å². The number of allylic oxidation sites excluding steroid dienone is 2. The predicted octanol–water partition coefficient (Wildman–Crippen LogP) is 1.37. The van der Waals surface area contributed by atoms with Crippen LogP contribution in [0.3, 0.4) is 0 Å². The third kappa shape index (κ3) is 2.65. The second-order valence-corrected chi connectivity index (χ2v) is 2.52. The molecule has 0 unspecified atom stereocenters. The lowest BCUT2D eigenvalue weighted by Crippen LogP contribution is -2.15. The first-order valence-electron chi connectivity index (χ1n) is 4.16. The van der Waals surface area contributed by atoms with Gasteiger partial charge in [-0.25, -0.2) is 0 Å². The summed E-state index contributed by atoms with van der Waals surface area (Å²) in [5.41, 5.74) is -0.448. The first-order valence-corrected chi connectivity index (χ1v) is 4.16. The van der Waals surface area contributed by atoms with Gasteiger partial charge in [0.15, 0.2) is 6.29 Å². The Morgan fingerprint density at radius 1 is 1.50 bits per heavy atom. The highest BCUT2D eigenvalue weighted by Crippen LogP contribution is 2.14. The fourth-order valence-electron chi connectivity index (χ4n) is 1.12. The van der Waals surface area contributed by atoms with Crippen molar-refractivity contribution in [2.45, 2.75) is 26.7 Å². The van der Waals surface area contributed by atoms with Gasteiger partial charge in [-0.2, -0.15) is 0 Å². The smallest absolute Gasteiger partial charge is 0.300 e. The molecule has 0 aliphatic rings. The Morgan fingerprint density at radius 2 is 2.00 bits per heavy atom. The molecule has 0 aliphatic carbocycles. The third-order valence-electron chi connectivity index (χ3n) is 1.83. The molecule has 0 atom stereocenters. The van der Waals surface area contributed by atoms with E-state index in [1.54, 1.807) is 13.8 Å². The fourth-order valence-corrected chi connectivity index (χ4v) is 1.12. The van der Waals surface area contributed by atoms with Crippen molar-refractivity contribution in [3.8, 4) is 0 Å². The van der Waals surface area contributed by atoms with Crippen LogP contribution in [0.5, 0.6) is 0 Å². The van der Waals surface area contributed by atoms with Crippen LogP contribution in [0.25, 0.3) is 0 Å². The van der Waals surface area contributed by atoms with Crippen LogP contribution in [-0.4, -0.2) is 22.1 Å². The SMILES string of the molecule is CCC(CC)=C(C(C=O)=NO)[N+](=O)[O-]. The molecule has 0 saturated carbocycles. The fraction of sp³-hybridized carbons (Fsp3) is 0.500. The van der Waals surface area contributed by atoms with Crippen molar-refractivity contribution in [2.24, 2.45) is 5.16 Å². The van der Waals surface area contributed by atoms with E-state index in [2.05, 4.69) is 5.16 Å². The molecule has 0 aliphatic heterocycles. The molecule has 0 fully saturated rings. The molecule has 0 saturated heterocycles. The van der Waals surface area contributed by atoms with Gasteiger partial charge in [0.2, 0.25) is 5.71 Å². The van der Waals surface area contributed by atoms with Gasteiger partial charge in [-0.1, -0.05) is 19.0 Å². The monoisotopic (exact) mass is 200 g/mol. The number of carbonyl (C=O) groups is 1. The highest BCUT2D eigenvalue weighted by molar-refractivity contribution is 6.35. The summed E-state index contributed by atoms with van der Waals surface area (Å²) in [6, 6.07) is 0. The van der Waals surface area contributed by atoms with Gasteiger partial charge >= 0.3 is 5.70 Å². The highest BCUT2D eigenvalue weighted by Gasteiger charge is 2.23. The minimum absolute atomic E-state index is 0.170. The van der Waals surface area contributed by atoms with Crippen molar-refractivity contribution in [1.82, 2.24) is 0 Å². The summed E-state index contributed by atoms with van der Waals surface area (Å²) < 4.78 is 0. The van der Waals surface area contributed by atoms with E-state index in [0.717, 1.165) is 0 Å². The number of oxime groups is 1. The number of aldehydes is 1. The predicted molar refractivity (Wildman–Crippen MR) is 49.9 cm³/mol. The minimum Gasteiger partial charge on any atom is -0.410 e. The molecule has 6 nitrogen and oxygen atoms in total. The number of nitro groups is 1. The van der Waals surface area contributed by atoms with Crippen LogP contribution in [0.4, 0.5) is 0 Å². The van der Waals surface area contributed by atoms with Gasteiger partial charge in [0, 0.05) is 5.57 Å². The molecule has 0 spiro atoms. The van der Waals surface area contributed by atoms with Crippen molar-refractivity contribution >= 4 is 12.0 Å². The summed E-state index contributed by atoms with van der Waals surface area (Å²) >= 11 is 0. The molecule has 0 bridgehead atoms. The summed E-state index contributed by atoms with van der Waals surface area (Å²) in [6.07, 6.45) is 1.06. The molecule has 6 heteroatoms. The highest BCUT2D eigenvalue weighted by atomic mass is 16.6. The largest absolute Gasteiger partial charge is 0.410 e. The number of hydrogen-bond acceptors (Lipinski definition) is 5. The zero-order chi connectivity index (χ0) is 11.1. The lowest BCUT2D eigenvalue weighted by atomic mass is 10.1. The van der Waals surface area contributed by atoms with Gasteiger partial charge in [-0.3, -0.25) is 14.9 Å². The van der Waals surface area contributed by atoms with Crippen molar-refractivity contribution in [3.63, 3.8) is 0 Å². The molecule has 14 heavy (non-hydrogen) atoms. The topological polar surface area (TPSA) is 92.8 Å². The van der Waals surface area contributed by atoms with Gasteiger partial charge in [-0.15, -0.1) is 0 Å². The number of hydrogen-bond donors (Lipinski definition) is 1. The first kappa shape index (κ1) is 12.3. The van der Waals surface area contributed by atoms with Crippen molar-refractivity contribution < 1.29 is 14.9 Å². The van der Waals surface area contributed by atoms with Gasteiger partial charge in [0.1, 0.15) is 0 Å². The molecule has 0 aromatic heterocycles. The lowest BCUT2D eigenvalue weighted by molar-refractivity contribution is -0.416. The maximum atomic E-state index is 10.6. The Bertz CT molecular complexity index is 288. The van der Waals surface area contributed by atoms with Crippen LogP contribution < -0.4 is 0 Å². The van der Waals surface area contributed by atoms with Gasteiger partial charge in [-0.05, 0) is 12.8 Å². The van der Waals surface area contributed by atoms with Crippen molar-refractivity contribution in [2.75, 3.05) is 0 Å². The standard InChI is InChI=1S/C8H12N2O4/c1-3-6(4-2)8(10(13)14)7(5-11)9-12/h5,12H,3-4H2,1-2H3. The molecule has 1 N–H and O–H groups in total. The number of carbonyl (C=O) groups excluding carboxylic acids is 1. The maximum Gasteiger partial charge on any atom is 0.300 e. The minimum atomic E-state index is -0.703. The van der Waals surface area contributed by atoms with Gasteiger partial charge < -0.3 is 5.21 Å². The van der Waals surface area contributed by atoms with E-state index in [1.165, 1.54) is 0 Å². The maximum absolute atomic E-state index is 10.6. The van der Waals surface area contributed by atoms with E-state index >= 15 is 0 Å². The summed E-state index contributed by atoms with van der Waals surface area (Å²) in [6.45, 7) is 3.48. The Hall–Kier alpha value is -1.72. The van der Waals surface area contributed by atoms with E-state index < -0.39 is 16.3 Å². The van der Waals surface area contributed by atoms with E-state index in [-0.39, 0.29) is 6.29 Å². The third-order valence-corrected chi connectivity index (χ3v) is 1.83. The molecular weight excluding hydrogens is 188 g/mol. The molecule has 78 valence electrons. The van der Waals surface area contributed by atoms with Gasteiger partial charge in [0.05, 0.1) is 4.92 Å². The van der Waals surface area contributed by atoms with Crippen LogP contribution in [0.2, 0.25) is 0 Å².